The summed E-state index contributed by atoms with van der Waals surface area (Å²) in [6, 6.07) is 1.54. The van der Waals surface area contributed by atoms with Gasteiger partial charge in [-0.3, -0.25) is 0 Å². The Bertz CT molecular complexity index is 534. The molecule has 2 unspecified atom stereocenters. The van der Waals surface area contributed by atoms with Crippen LogP contribution >= 0.6 is 15.9 Å². The molecule has 1 aromatic rings. The third kappa shape index (κ3) is 4.17. The lowest BCUT2D eigenvalue weighted by Gasteiger charge is -2.32. The van der Waals surface area contributed by atoms with Gasteiger partial charge in [0.2, 0.25) is 5.95 Å². The molecular weight excluding hydrogens is 347 g/mol. The van der Waals surface area contributed by atoms with E-state index in [2.05, 4.69) is 25.6 Å². The fourth-order valence-electron chi connectivity index (χ4n) is 1.54. The summed E-state index contributed by atoms with van der Waals surface area (Å²) in [6.07, 6.45) is 2.00. The minimum absolute atomic E-state index is 0.0100. The van der Waals surface area contributed by atoms with Gasteiger partial charge in [0, 0.05) is 22.7 Å². The Morgan fingerprint density at radius 2 is 2.05 bits per heavy atom. The molecule has 0 aromatic carbocycles. The van der Waals surface area contributed by atoms with Gasteiger partial charge in [0.1, 0.15) is 6.29 Å². The zero-order valence-electron chi connectivity index (χ0n) is 11.9. The van der Waals surface area contributed by atoms with Crippen LogP contribution in [0.5, 0.6) is 0 Å². The molecule has 4 nitrogen and oxygen atoms in total. The third-order valence-electron chi connectivity index (χ3n) is 2.77. The number of rotatable bonds is 5. The molecule has 0 bridgehead atoms. The van der Waals surface area contributed by atoms with E-state index in [-0.39, 0.29) is 12.0 Å². The maximum Gasteiger partial charge on any atom is 0.218 e. The molecule has 0 aliphatic heterocycles. The third-order valence-corrected chi connectivity index (χ3v) is 4.95. The highest BCUT2D eigenvalue weighted by molar-refractivity contribution is 9.10. The van der Waals surface area contributed by atoms with E-state index in [1.165, 1.54) is 6.20 Å². The van der Waals surface area contributed by atoms with Gasteiger partial charge in [-0.05, 0) is 49.7 Å². The smallest absolute Gasteiger partial charge is 0.218 e. The largest absolute Gasteiger partial charge is 0.303 e. The molecule has 0 fully saturated rings. The summed E-state index contributed by atoms with van der Waals surface area (Å²) in [4.78, 5) is 14.6. The van der Waals surface area contributed by atoms with Gasteiger partial charge in [-0.15, -0.1) is 0 Å². The first-order chi connectivity index (χ1) is 9.10. The second kappa shape index (κ2) is 6.41. The molecule has 112 valence electrons. The van der Waals surface area contributed by atoms with Crippen LogP contribution in [0.2, 0.25) is 0 Å². The van der Waals surface area contributed by atoms with E-state index in [1.54, 1.807) is 33.8 Å². The SMILES string of the molecule is CC(CC=O)(NS(=O)C(C)(C)C)c1cc(Br)cnc1F. The molecule has 0 radical (unpaired) electrons. The average molecular weight is 365 g/mol. The topological polar surface area (TPSA) is 59.1 Å². The summed E-state index contributed by atoms with van der Waals surface area (Å²) in [5.74, 6) is -0.684. The fraction of sp³-hybridized carbons (Fsp3) is 0.538. The Kier molecular flexibility index (Phi) is 5.57. The van der Waals surface area contributed by atoms with E-state index in [0.717, 1.165) is 0 Å². The maximum atomic E-state index is 13.9. The van der Waals surface area contributed by atoms with Gasteiger partial charge in [-0.25, -0.2) is 13.9 Å². The van der Waals surface area contributed by atoms with Crippen LogP contribution in [0.4, 0.5) is 4.39 Å². The van der Waals surface area contributed by atoms with E-state index in [4.69, 9.17) is 0 Å². The molecule has 1 aromatic heterocycles. The molecule has 0 aliphatic carbocycles. The lowest BCUT2D eigenvalue weighted by Crippen LogP contribution is -2.47. The first-order valence-electron chi connectivity index (χ1n) is 6.05. The van der Waals surface area contributed by atoms with Gasteiger partial charge in [-0.2, -0.15) is 4.39 Å². The highest BCUT2D eigenvalue weighted by atomic mass is 79.9. The van der Waals surface area contributed by atoms with Crippen molar-refractivity contribution in [1.82, 2.24) is 9.71 Å². The number of halogens is 2. The van der Waals surface area contributed by atoms with Crippen LogP contribution in [-0.4, -0.2) is 20.2 Å². The second-order valence-corrected chi connectivity index (χ2v) is 8.56. The number of hydrogen-bond donors (Lipinski definition) is 1. The lowest BCUT2D eigenvalue weighted by molar-refractivity contribution is -0.108. The summed E-state index contributed by atoms with van der Waals surface area (Å²) in [5, 5.41) is 0. The van der Waals surface area contributed by atoms with E-state index in [9.17, 15) is 13.4 Å². The number of carbonyl (C=O) groups is 1. The van der Waals surface area contributed by atoms with Gasteiger partial charge < -0.3 is 4.79 Å². The average Bonchev–Trinajstić information content (AvgIpc) is 2.31. The van der Waals surface area contributed by atoms with Gasteiger partial charge in [-0.1, -0.05) is 0 Å². The maximum absolute atomic E-state index is 13.9. The minimum Gasteiger partial charge on any atom is -0.303 e. The van der Waals surface area contributed by atoms with Crippen molar-refractivity contribution in [2.75, 3.05) is 0 Å². The van der Waals surface area contributed by atoms with E-state index < -0.39 is 27.2 Å². The van der Waals surface area contributed by atoms with Gasteiger partial charge in [0.15, 0.2) is 0 Å². The van der Waals surface area contributed by atoms with Crippen molar-refractivity contribution in [2.45, 2.75) is 44.4 Å². The minimum atomic E-state index is -1.44. The Labute approximate surface area is 129 Å². The number of hydrogen-bond acceptors (Lipinski definition) is 3. The monoisotopic (exact) mass is 364 g/mol. The zero-order valence-corrected chi connectivity index (χ0v) is 14.3. The van der Waals surface area contributed by atoms with Crippen molar-refractivity contribution in [3.8, 4) is 0 Å². The fourth-order valence-corrected chi connectivity index (χ4v) is 2.78. The van der Waals surface area contributed by atoms with E-state index >= 15 is 0 Å². The Balaban J connectivity index is 3.24. The number of carbonyl (C=O) groups excluding carboxylic acids is 1. The van der Waals surface area contributed by atoms with Crippen LogP contribution in [0, 0.1) is 5.95 Å². The van der Waals surface area contributed by atoms with Crippen LogP contribution < -0.4 is 4.72 Å². The molecule has 2 atom stereocenters. The summed E-state index contributed by atoms with van der Waals surface area (Å²) in [7, 11) is -1.44. The molecule has 0 amide bonds. The van der Waals surface area contributed by atoms with Crippen molar-refractivity contribution in [3.63, 3.8) is 0 Å². The van der Waals surface area contributed by atoms with Crippen molar-refractivity contribution < 1.29 is 13.4 Å². The van der Waals surface area contributed by atoms with E-state index in [1.807, 2.05) is 0 Å². The standard InChI is InChI=1S/C13H18BrFN2O2S/c1-12(2,3)20(19)17-13(4,5-6-18)10-7-9(14)8-16-11(10)15/h6-8,17H,5H2,1-4H3. The number of aromatic nitrogens is 1. The summed E-state index contributed by atoms with van der Waals surface area (Å²) < 4.78 is 29.1. The lowest BCUT2D eigenvalue weighted by atomic mass is 9.91. The van der Waals surface area contributed by atoms with Crippen LogP contribution in [0.15, 0.2) is 16.7 Å². The Hall–Kier alpha value is -0.660. The predicted molar refractivity (Wildman–Crippen MR) is 81.0 cm³/mol. The van der Waals surface area contributed by atoms with Crippen LogP contribution in [0.1, 0.15) is 39.7 Å². The number of nitrogens with one attached hydrogen (secondary N) is 1. The highest BCUT2D eigenvalue weighted by Crippen LogP contribution is 2.29. The van der Waals surface area contributed by atoms with Crippen LogP contribution in [0.3, 0.4) is 0 Å². The Morgan fingerprint density at radius 3 is 2.55 bits per heavy atom. The van der Waals surface area contributed by atoms with Crippen LogP contribution in [0.25, 0.3) is 0 Å². The van der Waals surface area contributed by atoms with Gasteiger partial charge >= 0.3 is 0 Å². The number of pyridine rings is 1. The predicted octanol–water partition coefficient (Wildman–Crippen LogP) is 2.84. The highest BCUT2D eigenvalue weighted by Gasteiger charge is 2.35. The first-order valence-corrected chi connectivity index (χ1v) is 7.99. The summed E-state index contributed by atoms with van der Waals surface area (Å²) in [5.41, 5.74) is -0.877. The Morgan fingerprint density at radius 1 is 1.45 bits per heavy atom. The molecule has 0 aliphatic rings. The van der Waals surface area contributed by atoms with Crippen molar-refractivity contribution in [2.24, 2.45) is 0 Å². The van der Waals surface area contributed by atoms with Crippen molar-refractivity contribution in [3.05, 3.63) is 28.2 Å². The molecule has 1 rings (SSSR count). The number of nitrogens with zero attached hydrogens (tertiary/aromatic N) is 1. The molecule has 0 spiro atoms. The molecule has 7 heteroatoms. The van der Waals surface area contributed by atoms with Crippen LogP contribution in [-0.2, 0) is 21.3 Å². The quantitative estimate of drug-likeness (QED) is 0.645. The first kappa shape index (κ1) is 17.4. The molecule has 1 N–H and O–H groups in total. The molecule has 0 saturated carbocycles. The normalized spacial score (nSPS) is 16.5. The van der Waals surface area contributed by atoms with Gasteiger partial charge in [0.05, 0.1) is 21.3 Å². The summed E-state index contributed by atoms with van der Waals surface area (Å²) >= 11 is 3.22. The van der Waals surface area contributed by atoms with Gasteiger partial charge in [0.25, 0.3) is 0 Å². The molecule has 20 heavy (non-hydrogen) atoms. The van der Waals surface area contributed by atoms with E-state index in [0.29, 0.717) is 10.8 Å². The molecule has 0 saturated heterocycles. The summed E-state index contributed by atoms with van der Waals surface area (Å²) in [6.45, 7) is 7.03. The molecular formula is C13H18BrFN2O2S. The molecule has 1 heterocycles. The van der Waals surface area contributed by atoms with Crippen molar-refractivity contribution in [1.29, 1.82) is 0 Å². The second-order valence-electron chi connectivity index (χ2n) is 5.68. The van der Waals surface area contributed by atoms with Crippen molar-refractivity contribution >= 4 is 33.2 Å². The number of aldehydes is 1. The zero-order chi connectivity index (χ0) is 15.6.